The molecule has 35 heavy (non-hydrogen) atoms. The first-order valence-corrected chi connectivity index (χ1v) is 11.5. The van der Waals surface area contributed by atoms with Crippen LogP contribution in [0.25, 0.3) is 22.3 Å². The van der Waals surface area contributed by atoms with Gasteiger partial charge in [0, 0.05) is 27.9 Å². The van der Waals surface area contributed by atoms with Gasteiger partial charge >= 0.3 is 6.09 Å². The number of benzene rings is 3. The molecular weight excluding hydrogens is 444 g/mol. The first-order chi connectivity index (χ1) is 17.0. The van der Waals surface area contributed by atoms with E-state index in [1.807, 2.05) is 42.2 Å². The van der Waals surface area contributed by atoms with Crippen molar-refractivity contribution >= 4 is 22.8 Å². The molecule has 5 rings (SSSR count). The highest BCUT2D eigenvalue weighted by Crippen LogP contribution is 2.33. The van der Waals surface area contributed by atoms with Crippen molar-refractivity contribution in [3.05, 3.63) is 78.4 Å². The zero-order valence-electron chi connectivity index (χ0n) is 19.3. The number of rotatable bonds is 4. The van der Waals surface area contributed by atoms with Crippen LogP contribution in [-0.2, 0) is 0 Å². The fraction of sp³-hybridized carbons (Fsp3) is 0.222. The van der Waals surface area contributed by atoms with E-state index in [0.29, 0.717) is 36.0 Å². The highest BCUT2D eigenvalue weighted by atomic mass is 16.6. The number of phenols is 1. The molecule has 0 spiro atoms. The number of hydrogen-bond donors (Lipinski definition) is 2. The molecule has 1 fully saturated rings. The highest BCUT2D eigenvalue weighted by molar-refractivity contribution is 5.92. The van der Waals surface area contributed by atoms with Gasteiger partial charge in [-0.1, -0.05) is 36.4 Å². The van der Waals surface area contributed by atoms with Crippen molar-refractivity contribution in [3.63, 3.8) is 0 Å². The third-order valence-electron chi connectivity index (χ3n) is 6.15. The third kappa shape index (κ3) is 4.61. The van der Waals surface area contributed by atoms with E-state index >= 15 is 0 Å². The lowest BCUT2D eigenvalue weighted by molar-refractivity contribution is 0.130. The molecule has 2 N–H and O–H groups in total. The molecule has 2 heterocycles. The van der Waals surface area contributed by atoms with Crippen LogP contribution in [0.3, 0.4) is 0 Å². The lowest BCUT2D eigenvalue weighted by Gasteiger charge is -2.41. The number of aliphatic hydroxyl groups excluding tert-OH is 1. The SMILES string of the molecule is Cc1ccc2c(N3CCN(C(=O)Oc4ccccc4)CC3CO)nc(-c3ccccc3O)nc2c1.[HH].[HH]. The van der Waals surface area contributed by atoms with Gasteiger partial charge in [-0.25, -0.2) is 14.8 Å². The number of hydrogen-bond acceptors (Lipinski definition) is 7. The van der Waals surface area contributed by atoms with E-state index in [1.54, 1.807) is 47.4 Å². The summed E-state index contributed by atoms with van der Waals surface area (Å²) >= 11 is 0. The Morgan fingerprint density at radius 2 is 1.83 bits per heavy atom. The second kappa shape index (κ2) is 9.60. The van der Waals surface area contributed by atoms with E-state index in [2.05, 4.69) is 0 Å². The molecule has 1 aromatic heterocycles. The zero-order chi connectivity index (χ0) is 24.4. The topological polar surface area (TPSA) is 99.0 Å². The number of phenolic OH excluding ortho intramolecular Hbond substituents is 1. The van der Waals surface area contributed by atoms with Crippen LogP contribution >= 0.6 is 0 Å². The molecule has 4 aromatic rings. The summed E-state index contributed by atoms with van der Waals surface area (Å²) in [5, 5.41) is 21.5. The molecule has 1 atom stereocenters. The number of aromatic nitrogens is 2. The standard InChI is InChI=1S/C27H26N4O4.2H2/c1-18-11-12-21-23(15-18)28-25(22-9-5-6-10-24(22)33)29-26(21)31-14-13-30(16-19(31)17-32)27(34)35-20-7-3-2-4-8-20;;/h2-12,15,19,32-33H,13-14,16-17H2,1H3;2*1H. The Hall–Kier alpha value is -4.17. The van der Waals surface area contributed by atoms with Gasteiger partial charge in [0.25, 0.3) is 0 Å². The number of aromatic hydroxyl groups is 1. The Labute approximate surface area is 206 Å². The summed E-state index contributed by atoms with van der Waals surface area (Å²) in [5.74, 6) is 1.63. The minimum atomic E-state index is -0.452. The number of ether oxygens (including phenoxy) is 1. The van der Waals surface area contributed by atoms with Gasteiger partial charge in [0.05, 0.1) is 23.7 Å². The monoisotopic (exact) mass is 474 g/mol. The number of carbonyl (C=O) groups excluding carboxylic acids is 1. The lowest BCUT2D eigenvalue weighted by Crippen LogP contribution is -2.57. The number of aliphatic hydroxyl groups is 1. The second-order valence-corrected chi connectivity index (χ2v) is 8.57. The van der Waals surface area contributed by atoms with Crippen LogP contribution in [0.15, 0.2) is 72.8 Å². The fourth-order valence-electron chi connectivity index (χ4n) is 4.34. The van der Waals surface area contributed by atoms with Gasteiger partial charge < -0.3 is 24.7 Å². The number of piperazine rings is 1. The number of carbonyl (C=O) groups is 1. The van der Waals surface area contributed by atoms with Crippen molar-refractivity contribution in [1.82, 2.24) is 14.9 Å². The third-order valence-corrected chi connectivity index (χ3v) is 6.15. The predicted octanol–water partition coefficient (Wildman–Crippen LogP) is 4.48. The van der Waals surface area contributed by atoms with Crippen molar-refractivity contribution in [2.75, 3.05) is 31.1 Å². The van der Waals surface area contributed by atoms with Gasteiger partial charge in [0.1, 0.15) is 17.3 Å². The van der Waals surface area contributed by atoms with Gasteiger partial charge in [-0.15, -0.1) is 0 Å². The average Bonchev–Trinajstić information content (AvgIpc) is 2.88. The summed E-state index contributed by atoms with van der Waals surface area (Å²) in [6, 6.07) is 21.4. The maximum Gasteiger partial charge on any atom is 0.415 e. The fourth-order valence-corrected chi connectivity index (χ4v) is 4.34. The summed E-state index contributed by atoms with van der Waals surface area (Å²) in [4.78, 5) is 25.9. The smallest absolute Gasteiger partial charge is 0.415 e. The Kier molecular flexibility index (Phi) is 6.20. The minimum Gasteiger partial charge on any atom is -0.507 e. The van der Waals surface area contributed by atoms with Crippen LogP contribution in [0, 0.1) is 6.92 Å². The summed E-state index contributed by atoms with van der Waals surface area (Å²) in [7, 11) is 0. The molecule has 1 saturated heterocycles. The van der Waals surface area contributed by atoms with Crippen LogP contribution < -0.4 is 9.64 Å². The number of fused-ring (bicyclic) bond motifs is 1. The summed E-state index contributed by atoms with van der Waals surface area (Å²) in [6.07, 6.45) is -0.452. The molecule has 182 valence electrons. The number of para-hydroxylation sites is 2. The van der Waals surface area contributed by atoms with Crippen LogP contribution in [0.4, 0.5) is 10.6 Å². The van der Waals surface area contributed by atoms with Crippen LogP contribution in [0.5, 0.6) is 11.5 Å². The average molecular weight is 475 g/mol. The quantitative estimate of drug-likeness (QED) is 0.450. The van der Waals surface area contributed by atoms with Gasteiger partial charge in [-0.2, -0.15) is 0 Å². The Bertz CT molecular complexity index is 1370. The number of anilines is 1. The van der Waals surface area contributed by atoms with Gasteiger partial charge in [0.2, 0.25) is 0 Å². The van der Waals surface area contributed by atoms with E-state index in [9.17, 15) is 15.0 Å². The molecule has 1 aliphatic heterocycles. The zero-order valence-corrected chi connectivity index (χ0v) is 19.3. The van der Waals surface area contributed by atoms with E-state index in [1.165, 1.54) is 0 Å². The molecule has 1 aliphatic rings. The molecule has 0 bridgehead atoms. The van der Waals surface area contributed by atoms with Crippen molar-refractivity contribution in [3.8, 4) is 22.9 Å². The molecule has 0 radical (unpaired) electrons. The van der Waals surface area contributed by atoms with Gasteiger partial charge in [-0.3, -0.25) is 0 Å². The van der Waals surface area contributed by atoms with Crippen LogP contribution in [0.1, 0.15) is 8.42 Å². The van der Waals surface area contributed by atoms with E-state index in [4.69, 9.17) is 14.7 Å². The summed E-state index contributed by atoms with van der Waals surface area (Å²) in [5.41, 5.74) is 2.33. The summed E-state index contributed by atoms with van der Waals surface area (Å²) in [6.45, 7) is 2.97. The van der Waals surface area contributed by atoms with Crippen molar-refractivity contribution in [2.24, 2.45) is 0 Å². The predicted molar refractivity (Wildman–Crippen MR) is 138 cm³/mol. The van der Waals surface area contributed by atoms with Gasteiger partial charge in [0.15, 0.2) is 5.82 Å². The maximum absolute atomic E-state index is 12.7. The highest BCUT2D eigenvalue weighted by Gasteiger charge is 2.32. The van der Waals surface area contributed by atoms with E-state index in [0.717, 1.165) is 16.5 Å². The number of aryl methyl sites for hydroxylation is 1. The van der Waals surface area contributed by atoms with Crippen molar-refractivity contribution in [2.45, 2.75) is 13.0 Å². The number of nitrogens with zero attached hydrogens (tertiary/aromatic N) is 4. The molecule has 1 unspecified atom stereocenters. The lowest BCUT2D eigenvalue weighted by atomic mass is 10.1. The largest absolute Gasteiger partial charge is 0.507 e. The molecule has 8 nitrogen and oxygen atoms in total. The first kappa shape index (κ1) is 22.6. The Balaban J connectivity index is 0.00000190. The molecule has 0 aliphatic carbocycles. The molecule has 3 aromatic carbocycles. The number of amides is 1. The minimum absolute atomic E-state index is 0. The normalized spacial score (nSPS) is 15.9. The maximum atomic E-state index is 12.7. The van der Waals surface area contributed by atoms with Crippen molar-refractivity contribution < 1.29 is 22.6 Å². The molecule has 0 saturated carbocycles. The van der Waals surface area contributed by atoms with Crippen molar-refractivity contribution in [1.29, 1.82) is 0 Å². The van der Waals surface area contributed by atoms with Crippen LogP contribution in [-0.4, -0.2) is 63.5 Å². The van der Waals surface area contributed by atoms with E-state index < -0.39 is 6.09 Å². The van der Waals surface area contributed by atoms with E-state index in [-0.39, 0.29) is 27.8 Å². The summed E-state index contributed by atoms with van der Waals surface area (Å²) < 4.78 is 5.49. The van der Waals surface area contributed by atoms with Crippen LogP contribution in [0.2, 0.25) is 0 Å². The second-order valence-electron chi connectivity index (χ2n) is 8.57. The Morgan fingerprint density at radius 3 is 2.60 bits per heavy atom. The Morgan fingerprint density at radius 1 is 1.06 bits per heavy atom. The molecule has 8 heteroatoms. The van der Waals surface area contributed by atoms with Gasteiger partial charge in [-0.05, 0) is 48.9 Å². The molecular formula is C27H30N4O4. The molecule has 1 amide bonds. The first-order valence-electron chi connectivity index (χ1n) is 11.5.